The van der Waals surface area contributed by atoms with Gasteiger partial charge in [-0.05, 0) is 51.4 Å². The molecule has 25 heavy (non-hydrogen) atoms. The van der Waals surface area contributed by atoms with Crippen molar-refractivity contribution in [3.8, 4) is 0 Å². The maximum absolute atomic E-state index is 12.5. The number of rotatable bonds is 6. The van der Waals surface area contributed by atoms with Crippen molar-refractivity contribution in [1.29, 1.82) is 0 Å². The minimum atomic E-state index is -3.63. The molecule has 0 bridgehead atoms. The minimum absolute atomic E-state index is 0.106. The molecule has 7 nitrogen and oxygen atoms in total. The number of ether oxygens (including phenoxy) is 1. The first-order valence-electron chi connectivity index (χ1n) is 8.35. The molecule has 0 amide bonds. The zero-order chi connectivity index (χ0) is 18.0. The summed E-state index contributed by atoms with van der Waals surface area (Å²) >= 11 is 0. The number of fused-ring (bicyclic) bond motifs is 1. The van der Waals surface area contributed by atoms with Crippen molar-refractivity contribution < 1.29 is 22.4 Å². The highest BCUT2D eigenvalue weighted by Gasteiger charge is 2.23. The average Bonchev–Trinajstić information content (AvgIpc) is 3.21. The highest BCUT2D eigenvalue weighted by Crippen LogP contribution is 2.28. The lowest BCUT2D eigenvalue weighted by molar-refractivity contribution is 0.0491. The van der Waals surface area contributed by atoms with Crippen LogP contribution in [0, 0.1) is 6.92 Å². The number of esters is 1. The van der Waals surface area contributed by atoms with E-state index in [4.69, 9.17) is 9.15 Å². The van der Waals surface area contributed by atoms with Gasteiger partial charge >= 0.3 is 5.97 Å². The van der Waals surface area contributed by atoms with Crippen molar-refractivity contribution in [2.24, 2.45) is 0 Å². The number of aryl methyl sites for hydroxylation is 1. The van der Waals surface area contributed by atoms with Crippen molar-refractivity contribution in [2.75, 3.05) is 19.7 Å². The fourth-order valence-electron chi connectivity index (χ4n) is 2.98. The van der Waals surface area contributed by atoms with E-state index in [1.807, 2.05) is 0 Å². The molecule has 2 heterocycles. The topological polar surface area (TPSA) is 97.6 Å². The molecule has 0 saturated carbocycles. The molecule has 1 aromatic heterocycles. The summed E-state index contributed by atoms with van der Waals surface area (Å²) in [4.78, 5) is 12.1. The monoisotopic (exact) mass is 366 g/mol. The van der Waals surface area contributed by atoms with Crippen LogP contribution in [-0.4, -0.2) is 40.1 Å². The lowest BCUT2D eigenvalue weighted by Gasteiger charge is -2.12. The van der Waals surface area contributed by atoms with Gasteiger partial charge in [0.2, 0.25) is 15.8 Å². The Kier molecular flexibility index (Phi) is 5.12. The Morgan fingerprint density at radius 3 is 2.92 bits per heavy atom. The van der Waals surface area contributed by atoms with Crippen molar-refractivity contribution in [3.63, 3.8) is 0 Å². The van der Waals surface area contributed by atoms with Crippen LogP contribution >= 0.6 is 0 Å². The molecule has 136 valence electrons. The van der Waals surface area contributed by atoms with Crippen molar-refractivity contribution in [3.05, 3.63) is 29.5 Å². The van der Waals surface area contributed by atoms with Gasteiger partial charge in [-0.25, -0.2) is 17.9 Å². The lowest BCUT2D eigenvalue weighted by atomic mass is 10.1. The summed E-state index contributed by atoms with van der Waals surface area (Å²) < 4.78 is 38.2. The number of carbonyl (C=O) groups excluding carboxylic acids is 1. The van der Waals surface area contributed by atoms with Gasteiger partial charge < -0.3 is 14.5 Å². The zero-order valence-corrected chi connectivity index (χ0v) is 15.1. The Balaban J connectivity index is 1.86. The molecule has 1 atom stereocenters. The van der Waals surface area contributed by atoms with Crippen LogP contribution in [0.2, 0.25) is 0 Å². The van der Waals surface area contributed by atoms with Gasteiger partial charge in [-0.15, -0.1) is 0 Å². The summed E-state index contributed by atoms with van der Waals surface area (Å²) in [6, 6.07) is 4.74. The third-order valence-corrected chi connectivity index (χ3v) is 5.78. The second-order valence-electron chi connectivity index (χ2n) is 6.08. The standard InChI is InChI=1S/C17H22N2O5S/c1-3-23-17(20)16-11(2)14-9-13(6-7-15(14)24-16)25(21,22)19-10-12-5-4-8-18-12/h6-7,9,12,18-19H,3-5,8,10H2,1-2H3. The molecular formula is C17H22N2O5S. The summed E-state index contributed by atoms with van der Waals surface area (Å²) in [5, 5.41) is 3.84. The molecule has 1 fully saturated rings. The number of hydrogen-bond acceptors (Lipinski definition) is 6. The summed E-state index contributed by atoms with van der Waals surface area (Å²) in [7, 11) is -3.63. The Morgan fingerprint density at radius 1 is 1.44 bits per heavy atom. The Hall–Kier alpha value is -1.90. The lowest BCUT2D eigenvalue weighted by Crippen LogP contribution is -2.37. The highest BCUT2D eigenvalue weighted by molar-refractivity contribution is 7.89. The second kappa shape index (κ2) is 7.15. The molecule has 1 aliphatic rings. The first kappa shape index (κ1) is 17.9. The van der Waals surface area contributed by atoms with E-state index >= 15 is 0 Å². The molecule has 0 aliphatic carbocycles. The predicted molar refractivity (Wildman–Crippen MR) is 93.1 cm³/mol. The summed E-state index contributed by atoms with van der Waals surface area (Å²) in [6.45, 7) is 4.95. The fraction of sp³-hybridized carbons (Fsp3) is 0.471. The average molecular weight is 366 g/mol. The number of hydrogen-bond donors (Lipinski definition) is 2. The molecule has 2 aromatic rings. The highest BCUT2D eigenvalue weighted by atomic mass is 32.2. The van der Waals surface area contributed by atoms with Crippen LogP contribution in [0.1, 0.15) is 35.9 Å². The normalized spacial score (nSPS) is 17.9. The van der Waals surface area contributed by atoms with Crippen LogP contribution in [0.25, 0.3) is 11.0 Å². The zero-order valence-electron chi connectivity index (χ0n) is 14.3. The van der Waals surface area contributed by atoms with Crippen LogP contribution in [-0.2, 0) is 14.8 Å². The van der Waals surface area contributed by atoms with E-state index in [1.54, 1.807) is 19.9 Å². The molecule has 1 aromatic carbocycles. The van der Waals surface area contributed by atoms with E-state index in [9.17, 15) is 13.2 Å². The minimum Gasteiger partial charge on any atom is -0.460 e. The van der Waals surface area contributed by atoms with Gasteiger partial charge in [-0.3, -0.25) is 0 Å². The number of carbonyl (C=O) groups is 1. The maximum Gasteiger partial charge on any atom is 0.374 e. The Morgan fingerprint density at radius 2 is 2.24 bits per heavy atom. The van der Waals surface area contributed by atoms with Crippen LogP contribution < -0.4 is 10.0 Å². The quantitative estimate of drug-likeness (QED) is 0.759. The maximum atomic E-state index is 12.5. The van der Waals surface area contributed by atoms with Gasteiger partial charge in [0.15, 0.2) is 0 Å². The van der Waals surface area contributed by atoms with Crippen molar-refractivity contribution >= 4 is 27.0 Å². The van der Waals surface area contributed by atoms with Crippen LogP contribution in [0.5, 0.6) is 0 Å². The van der Waals surface area contributed by atoms with E-state index in [0.29, 0.717) is 23.1 Å². The van der Waals surface area contributed by atoms with Crippen molar-refractivity contribution in [2.45, 2.75) is 37.6 Å². The molecule has 2 N–H and O–H groups in total. The van der Waals surface area contributed by atoms with Gasteiger partial charge in [0.25, 0.3) is 0 Å². The van der Waals surface area contributed by atoms with Gasteiger partial charge in [-0.1, -0.05) is 0 Å². The molecular weight excluding hydrogens is 344 g/mol. The number of nitrogens with one attached hydrogen (secondary N) is 2. The predicted octanol–water partition coefficient (Wildman–Crippen LogP) is 1.95. The van der Waals surface area contributed by atoms with E-state index in [1.165, 1.54) is 12.1 Å². The molecule has 0 spiro atoms. The molecule has 1 aliphatic heterocycles. The number of sulfonamides is 1. The second-order valence-corrected chi connectivity index (χ2v) is 7.85. The third-order valence-electron chi connectivity index (χ3n) is 4.36. The molecule has 1 saturated heterocycles. The first-order chi connectivity index (χ1) is 11.9. The first-order valence-corrected chi connectivity index (χ1v) is 9.84. The summed E-state index contributed by atoms with van der Waals surface area (Å²) in [5.41, 5.74) is 1.03. The van der Waals surface area contributed by atoms with Crippen molar-refractivity contribution in [1.82, 2.24) is 10.0 Å². The van der Waals surface area contributed by atoms with E-state index in [2.05, 4.69) is 10.0 Å². The largest absolute Gasteiger partial charge is 0.460 e. The van der Waals surface area contributed by atoms with E-state index < -0.39 is 16.0 Å². The van der Waals surface area contributed by atoms with Crippen LogP contribution in [0.4, 0.5) is 0 Å². The van der Waals surface area contributed by atoms with Gasteiger partial charge in [0.1, 0.15) is 5.58 Å². The number of furan rings is 1. The number of benzene rings is 1. The van der Waals surface area contributed by atoms with E-state index in [0.717, 1.165) is 19.4 Å². The fourth-order valence-corrected chi connectivity index (χ4v) is 4.09. The Bertz CT molecular complexity index is 882. The Labute approximate surface area is 146 Å². The molecule has 3 rings (SSSR count). The summed E-state index contributed by atoms with van der Waals surface area (Å²) in [6.07, 6.45) is 2.02. The van der Waals surface area contributed by atoms with Gasteiger partial charge in [-0.2, -0.15) is 0 Å². The molecule has 1 unspecified atom stereocenters. The summed E-state index contributed by atoms with van der Waals surface area (Å²) in [5.74, 6) is -0.444. The SMILES string of the molecule is CCOC(=O)c1oc2ccc(S(=O)(=O)NCC3CCCN3)cc2c1C. The van der Waals surface area contributed by atoms with Crippen LogP contribution in [0.15, 0.2) is 27.5 Å². The molecule has 8 heteroatoms. The van der Waals surface area contributed by atoms with Gasteiger partial charge in [0, 0.05) is 23.5 Å². The third kappa shape index (κ3) is 3.70. The van der Waals surface area contributed by atoms with E-state index in [-0.39, 0.29) is 23.3 Å². The smallest absolute Gasteiger partial charge is 0.374 e. The molecule has 0 radical (unpaired) electrons. The van der Waals surface area contributed by atoms with Gasteiger partial charge in [0.05, 0.1) is 11.5 Å². The van der Waals surface area contributed by atoms with Crippen LogP contribution in [0.3, 0.4) is 0 Å².